The Kier molecular flexibility index (Phi) is 6.34. The van der Waals surface area contributed by atoms with Gasteiger partial charge >= 0.3 is 0 Å². The van der Waals surface area contributed by atoms with E-state index in [9.17, 15) is 0 Å². The van der Waals surface area contributed by atoms with Gasteiger partial charge in [0.05, 0.1) is 27.8 Å². The maximum Gasteiger partial charge on any atom is 0.136 e. The molecule has 0 radical (unpaired) electrons. The Labute approximate surface area is 316 Å². The van der Waals surface area contributed by atoms with Gasteiger partial charge in [-0.1, -0.05) is 127 Å². The van der Waals surface area contributed by atoms with E-state index in [1.807, 2.05) is 12.1 Å². The normalized spacial score (nSPS) is 12.0. The van der Waals surface area contributed by atoms with Gasteiger partial charge in [0.15, 0.2) is 0 Å². The molecule has 3 aromatic heterocycles. The first-order valence-corrected chi connectivity index (χ1v) is 18.8. The van der Waals surface area contributed by atoms with E-state index in [1.165, 1.54) is 76.8 Å². The van der Waals surface area contributed by atoms with Crippen LogP contribution in [0.2, 0.25) is 0 Å². The molecular weight excluding hydrogens is 669 g/mol. The summed E-state index contributed by atoms with van der Waals surface area (Å²) in [5.41, 5.74) is 13.7. The van der Waals surface area contributed by atoms with Crippen LogP contribution >= 0.6 is 0 Å². The molecule has 55 heavy (non-hydrogen) atoms. The van der Waals surface area contributed by atoms with E-state index in [1.54, 1.807) is 0 Å². The maximum absolute atomic E-state index is 6.26. The Bertz CT molecular complexity index is 3500. The quantitative estimate of drug-likeness (QED) is 0.179. The molecule has 3 nitrogen and oxygen atoms in total. The molecule has 256 valence electrons. The van der Waals surface area contributed by atoms with Gasteiger partial charge in [-0.05, 0) is 94.4 Å². The van der Waals surface area contributed by atoms with Crippen LogP contribution in [0, 0.1) is 0 Å². The predicted molar refractivity (Wildman–Crippen MR) is 231 cm³/mol. The summed E-state index contributed by atoms with van der Waals surface area (Å²) >= 11 is 0. The van der Waals surface area contributed by atoms with Crippen LogP contribution in [0.5, 0.6) is 0 Å². The number of benzene rings is 9. The third kappa shape index (κ3) is 4.44. The highest BCUT2D eigenvalue weighted by molar-refractivity contribution is 6.14. The van der Waals surface area contributed by atoms with Gasteiger partial charge in [0.25, 0.3) is 0 Å². The molecule has 0 aliphatic carbocycles. The van der Waals surface area contributed by atoms with Gasteiger partial charge in [0, 0.05) is 43.4 Å². The average molecular weight is 701 g/mol. The zero-order chi connectivity index (χ0) is 36.0. The van der Waals surface area contributed by atoms with Crippen molar-refractivity contribution in [3.8, 4) is 33.6 Å². The van der Waals surface area contributed by atoms with Crippen molar-refractivity contribution in [3.05, 3.63) is 194 Å². The standard InChI is InChI=1S/C52H32N2O/c1-2-16-38-33(12-1)13-10-23-45(38)54-47-22-7-4-18-41(47)44-32-35(27-29-49(44)54)34-26-28-48-43(31-34)40-17-3-6-21-46(40)53(48)37-15-9-14-36(30-37)39-20-11-25-51-52(39)42-19-5-8-24-50(42)55-51/h1-32H. The molecule has 0 atom stereocenters. The zero-order valence-electron chi connectivity index (χ0n) is 29.8. The van der Waals surface area contributed by atoms with Crippen molar-refractivity contribution >= 4 is 76.3 Å². The topological polar surface area (TPSA) is 23.0 Å². The largest absolute Gasteiger partial charge is 0.456 e. The first kappa shape index (κ1) is 30.1. The second-order valence-corrected chi connectivity index (χ2v) is 14.5. The number of para-hydroxylation sites is 3. The number of hydrogen-bond acceptors (Lipinski definition) is 1. The molecule has 12 aromatic rings. The van der Waals surface area contributed by atoms with Crippen LogP contribution in [0.1, 0.15) is 0 Å². The lowest BCUT2D eigenvalue weighted by atomic mass is 9.99. The van der Waals surface area contributed by atoms with Crippen LogP contribution in [0.3, 0.4) is 0 Å². The molecule has 0 saturated carbocycles. The molecule has 3 heterocycles. The lowest BCUT2D eigenvalue weighted by Gasteiger charge is -2.12. The van der Waals surface area contributed by atoms with Gasteiger partial charge in [-0.25, -0.2) is 0 Å². The minimum Gasteiger partial charge on any atom is -0.456 e. The lowest BCUT2D eigenvalue weighted by molar-refractivity contribution is 0.669. The van der Waals surface area contributed by atoms with E-state index in [-0.39, 0.29) is 0 Å². The highest BCUT2D eigenvalue weighted by Crippen LogP contribution is 2.41. The summed E-state index contributed by atoms with van der Waals surface area (Å²) in [5.74, 6) is 0. The molecule has 0 N–H and O–H groups in total. The predicted octanol–water partition coefficient (Wildman–Crippen LogP) is 14.3. The Morgan fingerprint density at radius 1 is 0.327 bits per heavy atom. The molecule has 0 spiro atoms. The summed E-state index contributed by atoms with van der Waals surface area (Å²) in [6.45, 7) is 0. The van der Waals surface area contributed by atoms with Gasteiger partial charge in [-0.15, -0.1) is 0 Å². The first-order valence-electron chi connectivity index (χ1n) is 18.8. The minimum absolute atomic E-state index is 0.907. The summed E-state index contributed by atoms with van der Waals surface area (Å²) in [6.07, 6.45) is 0. The van der Waals surface area contributed by atoms with Gasteiger partial charge in [0.2, 0.25) is 0 Å². The zero-order valence-corrected chi connectivity index (χ0v) is 29.8. The molecule has 3 heteroatoms. The Morgan fingerprint density at radius 3 is 1.67 bits per heavy atom. The van der Waals surface area contributed by atoms with E-state index < -0.39 is 0 Å². The number of aromatic nitrogens is 2. The molecule has 0 unspecified atom stereocenters. The van der Waals surface area contributed by atoms with E-state index in [0.29, 0.717) is 0 Å². The van der Waals surface area contributed by atoms with Crippen molar-refractivity contribution in [2.45, 2.75) is 0 Å². The second-order valence-electron chi connectivity index (χ2n) is 14.5. The molecule has 0 amide bonds. The minimum atomic E-state index is 0.907. The molecule has 0 aliphatic heterocycles. The number of rotatable bonds is 4. The van der Waals surface area contributed by atoms with Crippen LogP contribution in [-0.4, -0.2) is 9.13 Å². The van der Waals surface area contributed by atoms with E-state index in [0.717, 1.165) is 33.2 Å². The highest BCUT2D eigenvalue weighted by atomic mass is 16.3. The van der Waals surface area contributed by atoms with Crippen LogP contribution in [0.15, 0.2) is 199 Å². The van der Waals surface area contributed by atoms with Crippen molar-refractivity contribution < 1.29 is 4.42 Å². The fourth-order valence-corrected chi connectivity index (χ4v) is 9.07. The van der Waals surface area contributed by atoms with Gasteiger partial charge < -0.3 is 13.6 Å². The van der Waals surface area contributed by atoms with Crippen molar-refractivity contribution in [1.82, 2.24) is 9.13 Å². The fraction of sp³-hybridized carbons (Fsp3) is 0. The van der Waals surface area contributed by atoms with E-state index in [4.69, 9.17) is 4.42 Å². The SMILES string of the molecule is c1cc(-c2cccc3oc4ccccc4c23)cc(-n2c3ccccc3c3cc(-c4ccc5c(c4)c4ccccc4n5-c4cccc5ccccc45)ccc32)c1. The van der Waals surface area contributed by atoms with E-state index >= 15 is 0 Å². The molecule has 0 aliphatic rings. The van der Waals surface area contributed by atoms with Gasteiger partial charge in [0.1, 0.15) is 11.2 Å². The van der Waals surface area contributed by atoms with Crippen molar-refractivity contribution in [3.63, 3.8) is 0 Å². The molecular formula is C52H32N2O. The van der Waals surface area contributed by atoms with Crippen LogP contribution in [0.4, 0.5) is 0 Å². The molecule has 0 saturated heterocycles. The summed E-state index contributed by atoms with van der Waals surface area (Å²) in [6, 6.07) is 70.3. The summed E-state index contributed by atoms with van der Waals surface area (Å²) < 4.78 is 11.1. The number of furan rings is 1. The Hall–Kier alpha value is -7.36. The molecule has 12 rings (SSSR count). The third-order valence-electron chi connectivity index (χ3n) is 11.5. The molecule has 9 aromatic carbocycles. The number of fused-ring (bicyclic) bond motifs is 10. The monoisotopic (exact) mass is 700 g/mol. The summed E-state index contributed by atoms with van der Waals surface area (Å²) in [7, 11) is 0. The van der Waals surface area contributed by atoms with Gasteiger partial charge in [-0.2, -0.15) is 0 Å². The number of hydrogen-bond donors (Lipinski definition) is 0. The van der Waals surface area contributed by atoms with Crippen LogP contribution in [0.25, 0.3) is 110 Å². The van der Waals surface area contributed by atoms with Gasteiger partial charge in [-0.3, -0.25) is 0 Å². The summed E-state index contributed by atoms with van der Waals surface area (Å²) in [5, 5.41) is 9.76. The maximum atomic E-state index is 6.26. The van der Waals surface area contributed by atoms with E-state index in [2.05, 4.69) is 191 Å². The van der Waals surface area contributed by atoms with Crippen molar-refractivity contribution in [2.24, 2.45) is 0 Å². The third-order valence-corrected chi connectivity index (χ3v) is 11.5. The number of nitrogens with zero attached hydrogens (tertiary/aromatic N) is 2. The van der Waals surface area contributed by atoms with Crippen molar-refractivity contribution in [2.75, 3.05) is 0 Å². The molecule has 0 bridgehead atoms. The Balaban J connectivity index is 1.02. The smallest absolute Gasteiger partial charge is 0.136 e. The first-order chi connectivity index (χ1) is 27.3. The summed E-state index contributed by atoms with van der Waals surface area (Å²) in [4.78, 5) is 0. The second kappa shape index (κ2) is 11.6. The van der Waals surface area contributed by atoms with Crippen LogP contribution in [-0.2, 0) is 0 Å². The Morgan fingerprint density at radius 2 is 0.891 bits per heavy atom. The highest BCUT2D eigenvalue weighted by Gasteiger charge is 2.18. The van der Waals surface area contributed by atoms with Crippen molar-refractivity contribution in [1.29, 1.82) is 0 Å². The lowest BCUT2D eigenvalue weighted by Crippen LogP contribution is -1.95. The molecule has 0 fully saturated rings. The fourth-order valence-electron chi connectivity index (χ4n) is 9.07. The average Bonchev–Trinajstić information content (AvgIpc) is 3.91. The van der Waals surface area contributed by atoms with Crippen LogP contribution < -0.4 is 0 Å².